The molecule has 1 fully saturated rings. The first-order valence-electron chi connectivity index (χ1n) is 7.46. The van der Waals surface area contributed by atoms with E-state index in [4.69, 9.17) is 5.73 Å². The number of para-hydroxylation sites is 1. The van der Waals surface area contributed by atoms with Gasteiger partial charge in [0.25, 0.3) is 0 Å². The van der Waals surface area contributed by atoms with Crippen LogP contribution >= 0.6 is 0 Å². The van der Waals surface area contributed by atoms with Crippen molar-refractivity contribution in [3.05, 3.63) is 29.8 Å². The van der Waals surface area contributed by atoms with Crippen LogP contribution in [0.4, 0.5) is 5.69 Å². The predicted molar refractivity (Wildman–Crippen MR) is 82.3 cm³/mol. The van der Waals surface area contributed by atoms with E-state index in [9.17, 15) is 0 Å². The van der Waals surface area contributed by atoms with Crippen LogP contribution in [0.5, 0.6) is 0 Å². The minimum atomic E-state index is 0.743. The molecule has 0 spiro atoms. The van der Waals surface area contributed by atoms with Crippen molar-refractivity contribution < 1.29 is 0 Å². The molecule has 3 heteroatoms. The van der Waals surface area contributed by atoms with Gasteiger partial charge in [-0.25, -0.2) is 0 Å². The van der Waals surface area contributed by atoms with Crippen LogP contribution in [0.2, 0.25) is 0 Å². The van der Waals surface area contributed by atoms with Crippen LogP contribution in [-0.2, 0) is 6.42 Å². The summed E-state index contributed by atoms with van der Waals surface area (Å²) in [7, 11) is 2.26. The summed E-state index contributed by atoms with van der Waals surface area (Å²) in [5.74, 6) is 0. The summed E-state index contributed by atoms with van der Waals surface area (Å²) in [4.78, 5) is 5.05. The van der Waals surface area contributed by atoms with Gasteiger partial charge in [-0.2, -0.15) is 0 Å². The highest BCUT2D eigenvalue weighted by atomic mass is 15.2. The molecule has 0 aliphatic carbocycles. The predicted octanol–water partition coefficient (Wildman–Crippen LogP) is 2.23. The van der Waals surface area contributed by atoms with E-state index in [2.05, 4.69) is 35.9 Å². The van der Waals surface area contributed by atoms with Gasteiger partial charge in [0.2, 0.25) is 0 Å². The molecule has 2 N–H and O–H groups in total. The van der Waals surface area contributed by atoms with E-state index < -0.39 is 0 Å². The second-order valence-electron chi connectivity index (χ2n) is 5.59. The molecule has 1 aliphatic rings. The highest BCUT2D eigenvalue weighted by molar-refractivity contribution is 5.46. The third kappa shape index (κ3) is 3.95. The van der Waals surface area contributed by atoms with Crippen LogP contribution in [0.25, 0.3) is 0 Å². The van der Waals surface area contributed by atoms with Crippen LogP contribution in [0.15, 0.2) is 24.3 Å². The fraction of sp³-hybridized carbons (Fsp3) is 0.625. The molecule has 0 unspecified atom stereocenters. The van der Waals surface area contributed by atoms with Crippen LogP contribution in [0.3, 0.4) is 0 Å². The van der Waals surface area contributed by atoms with Crippen molar-refractivity contribution in [2.75, 3.05) is 39.0 Å². The lowest BCUT2D eigenvalue weighted by Crippen LogP contribution is -2.43. The number of piperidine rings is 1. The van der Waals surface area contributed by atoms with Crippen LogP contribution < -0.4 is 5.73 Å². The number of anilines is 1. The molecule has 19 heavy (non-hydrogen) atoms. The number of rotatable bonds is 5. The summed E-state index contributed by atoms with van der Waals surface area (Å²) < 4.78 is 0. The van der Waals surface area contributed by atoms with Gasteiger partial charge in [0, 0.05) is 18.3 Å². The van der Waals surface area contributed by atoms with E-state index in [1.165, 1.54) is 38.0 Å². The van der Waals surface area contributed by atoms with E-state index in [0.29, 0.717) is 0 Å². The van der Waals surface area contributed by atoms with Crippen molar-refractivity contribution in [2.45, 2.75) is 32.2 Å². The van der Waals surface area contributed by atoms with E-state index in [0.717, 1.165) is 24.7 Å². The van der Waals surface area contributed by atoms with Gasteiger partial charge < -0.3 is 15.5 Å². The molecule has 1 aromatic rings. The van der Waals surface area contributed by atoms with Gasteiger partial charge in [-0.15, -0.1) is 0 Å². The largest absolute Gasteiger partial charge is 0.399 e. The van der Waals surface area contributed by atoms with Crippen molar-refractivity contribution in [3.63, 3.8) is 0 Å². The summed E-state index contributed by atoms with van der Waals surface area (Å²) in [5.41, 5.74) is 8.20. The molecule has 0 radical (unpaired) electrons. The summed E-state index contributed by atoms with van der Waals surface area (Å²) in [5, 5.41) is 0. The molecule has 0 amide bonds. The summed E-state index contributed by atoms with van der Waals surface area (Å²) in [6.07, 6.45) is 3.65. The molecule has 0 bridgehead atoms. The Morgan fingerprint density at radius 1 is 1.26 bits per heavy atom. The van der Waals surface area contributed by atoms with Crippen molar-refractivity contribution in [3.8, 4) is 0 Å². The number of nitrogens with two attached hydrogens (primary N) is 1. The normalized spacial score (nSPS) is 18.1. The van der Waals surface area contributed by atoms with Crippen LogP contribution in [0.1, 0.15) is 25.3 Å². The zero-order valence-corrected chi connectivity index (χ0v) is 12.3. The molecule has 106 valence electrons. The first-order valence-corrected chi connectivity index (χ1v) is 7.46. The van der Waals surface area contributed by atoms with Gasteiger partial charge in [0.1, 0.15) is 0 Å². The van der Waals surface area contributed by atoms with Crippen LogP contribution in [-0.4, -0.2) is 49.1 Å². The molecule has 2 rings (SSSR count). The lowest BCUT2D eigenvalue weighted by molar-refractivity contribution is 0.132. The number of hydrogen-bond acceptors (Lipinski definition) is 3. The summed E-state index contributed by atoms with van der Waals surface area (Å²) >= 11 is 0. The fourth-order valence-corrected chi connectivity index (χ4v) is 2.92. The minimum absolute atomic E-state index is 0.743. The number of likely N-dealkylation sites (N-methyl/N-ethyl adjacent to an activating group) is 1. The highest BCUT2D eigenvalue weighted by Gasteiger charge is 2.21. The Labute approximate surface area is 117 Å². The SMILES string of the molecule is CCN1CCC(N(C)CCc2ccccc2N)CC1. The average molecular weight is 261 g/mol. The van der Waals surface area contributed by atoms with Crippen molar-refractivity contribution >= 4 is 5.69 Å². The second kappa shape index (κ2) is 6.92. The maximum Gasteiger partial charge on any atom is 0.0347 e. The lowest BCUT2D eigenvalue weighted by Gasteiger charge is -2.36. The number of likely N-dealkylation sites (tertiary alicyclic amines) is 1. The number of nitrogens with zero attached hydrogens (tertiary/aromatic N) is 2. The Bertz CT molecular complexity index is 383. The number of hydrogen-bond donors (Lipinski definition) is 1. The Morgan fingerprint density at radius 2 is 1.95 bits per heavy atom. The molecular weight excluding hydrogens is 234 g/mol. The van der Waals surface area contributed by atoms with Crippen LogP contribution in [0, 0.1) is 0 Å². The second-order valence-corrected chi connectivity index (χ2v) is 5.59. The van der Waals surface area contributed by atoms with Gasteiger partial charge in [0.05, 0.1) is 0 Å². The smallest absolute Gasteiger partial charge is 0.0347 e. The Morgan fingerprint density at radius 3 is 2.58 bits per heavy atom. The number of benzene rings is 1. The molecule has 1 saturated heterocycles. The van der Waals surface area contributed by atoms with Gasteiger partial charge in [0.15, 0.2) is 0 Å². The van der Waals surface area contributed by atoms with Gasteiger partial charge >= 0.3 is 0 Å². The lowest BCUT2D eigenvalue weighted by atomic mass is 10.0. The first-order chi connectivity index (χ1) is 9.20. The molecule has 0 saturated carbocycles. The van der Waals surface area contributed by atoms with E-state index in [-0.39, 0.29) is 0 Å². The first kappa shape index (κ1) is 14.4. The average Bonchev–Trinajstić information content (AvgIpc) is 2.46. The Balaban J connectivity index is 1.79. The molecular formula is C16H27N3. The van der Waals surface area contributed by atoms with Gasteiger partial charge in [-0.05, 0) is 57.6 Å². The number of nitrogen functional groups attached to an aromatic ring is 1. The zero-order valence-electron chi connectivity index (χ0n) is 12.3. The van der Waals surface area contributed by atoms with E-state index in [1.54, 1.807) is 0 Å². The third-order valence-corrected chi connectivity index (χ3v) is 4.42. The van der Waals surface area contributed by atoms with Crippen molar-refractivity contribution in [2.24, 2.45) is 0 Å². The topological polar surface area (TPSA) is 32.5 Å². The van der Waals surface area contributed by atoms with Gasteiger partial charge in [-0.1, -0.05) is 25.1 Å². The Hall–Kier alpha value is -1.06. The maximum atomic E-state index is 6.00. The zero-order chi connectivity index (χ0) is 13.7. The van der Waals surface area contributed by atoms with Crippen molar-refractivity contribution in [1.82, 2.24) is 9.80 Å². The monoisotopic (exact) mass is 261 g/mol. The quantitative estimate of drug-likeness (QED) is 0.825. The summed E-state index contributed by atoms with van der Waals surface area (Å²) in [6.45, 7) is 7.04. The third-order valence-electron chi connectivity index (χ3n) is 4.42. The molecule has 3 nitrogen and oxygen atoms in total. The molecule has 1 heterocycles. The fourth-order valence-electron chi connectivity index (χ4n) is 2.92. The Kier molecular flexibility index (Phi) is 5.23. The molecule has 0 aromatic heterocycles. The molecule has 1 aliphatic heterocycles. The van der Waals surface area contributed by atoms with E-state index in [1.807, 2.05) is 12.1 Å². The molecule has 1 aromatic carbocycles. The van der Waals surface area contributed by atoms with Crippen molar-refractivity contribution in [1.29, 1.82) is 0 Å². The highest BCUT2D eigenvalue weighted by Crippen LogP contribution is 2.17. The van der Waals surface area contributed by atoms with E-state index >= 15 is 0 Å². The molecule has 0 atom stereocenters. The maximum absolute atomic E-state index is 6.00. The minimum Gasteiger partial charge on any atom is -0.399 e. The standard InChI is InChI=1S/C16H27N3/c1-3-19-12-9-15(10-13-19)18(2)11-8-14-6-4-5-7-16(14)17/h4-7,15H,3,8-13,17H2,1-2H3. The van der Waals surface area contributed by atoms with Gasteiger partial charge in [-0.3, -0.25) is 0 Å². The summed E-state index contributed by atoms with van der Waals surface area (Å²) in [6, 6.07) is 8.96.